The lowest BCUT2D eigenvalue weighted by Gasteiger charge is -2.29. The Hall–Kier alpha value is -0.610. The van der Waals surface area contributed by atoms with Crippen LogP contribution < -0.4 is 10.6 Å². The third kappa shape index (κ3) is 4.46. The van der Waals surface area contributed by atoms with E-state index in [9.17, 15) is 9.90 Å². The van der Waals surface area contributed by atoms with Crippen molar-refractivity contribution in [3.05, 3.63) is 0 Å². The van der Waals surface area contributed by atoms with Crippen molar-refractivity contribution < 1.29 is 9.90 Å². The maximum absolute atomic E-state index is 12.0. The molecule has 0 bridgehead atoms. The van der Waals surface area contributed by atoms with E-state index >= 15 is 0 Å². The Morgan fingerprint density at radius 3 is 2.47 bits per heavy atom. The maximum Gasteiger partial charge on any atom is 0.237 e. The molecule has 19 heavy (non-hydrogen) atoms. The van der Waals surface area contributed by atoms with Crippen LogP contribution in [0.1, 0.15) is 58.3 Å². The van der Waals surface area contributed by atoms with Gasteiger partial charge in [-0.15, -0.1) is 0 Å². The Kier molecular flexibility index (Phi) is 5.64. The highest BCUT2D eigenvalue weighted by molar-refractivity contribution is 5.81. The largest absolute Gasteiger partial charge is 0.393 e. The number of amides is 1. The van der Waals surface area contributed by atoms with Gasteiger partial charge in [-0.1, -0.05) is 25.7 Å². The van der Waals surface area contributed by atoms with Crippen molar-refractivity contribution >= 4 is 5.91 Å². The van der Waals surface area contributed by atoms with Gasteiger partial charge in [-0.2, -0.15) is 0 Å². The van der Waals surface area contributed by atoms with Crippen LogP contribution in [0.25, 0.3) is 0 Å². The highest BCUT2D eigenvalue weighted by atomic mass is 16.3. The van der Waals surface area contributed by atoms with Gasteiger partial charge in [-0.25, -0.2) is 0 Å². The Morgan fingerprint density at radius 2 is 1.79 bits per heavy atom. The van der Waals surface area contributed by atoms with E-state index in [1.54, 1.807) is 0 Å². The van der Waals surface area contributed by atoms with Crippen LogP contribution in [-0.4, -0.2) is 35.7 Å². The second kappa shape index (κ2) is 7.25. The quantitative estimate of drug-likeness (QED) is 0.709. The average Bonchev–Trinajstić information content (AvgIpc) is 2.90. The van der Waals surface area contributed by atoms with Crippen molar-refractivity contribution in [1.29, 1.82) is 0 Å². The number of nitrogens with one attached hydrogen (secondary N) is 2. The molecule has 0 spiro atoms. The molecule has 2 saturated carbocycles. The lowest BCUT2D eigenvalue weighted by molar-refractivity contribution is -0.123. The van der Waals surface area contributed by atoms with Crippen LogP contribution in [0.3, 0.4) is 0 Å². The molecule has 2 aliphatic rings. The number of aliphatic hydroxyl groups is 1. The van der Waals surface area contributed by atoms with Crippen molar-refractivity contribution in [2.75, 3.05) is 6.54 Å². The first-order chi connectivity index (χ1) is 9.16. The predicted octanol–water partition coefficient (Wildman–Crippen LogP) is 1.57. The minimum atomic E-state index is -0.189. The summed E-state index contributed by atoms with van der Waals surface area (Å²) in [6.45, 7) is 2.67. The molecular formula is C15H28N2O2. The maximum atomic E-state index is 12.0. The van der Waals surface area contributed by atoms with Crippen LogP contribution in [0.15, 0.2) is 0 Å². The number of carbonyl (C=O) groups is 1. The van der Waals surface area contributed by atoms with Crippen molar-refractivity contribution in [2.24, 2.45) is 5.92 Å². The van der Waals surface area contributed by atoms with E-state index < -0.39 is 0 Å². The summed E-state index contributed by atoms with van der Waals surface area (Å²) in [6, 6.07) is 0.228. The van der Waals surface area contributed by atoms with E-state index in [2.05, 4.69) is 10.6 Å². The normalized spacial score (nSPS) is 30.2. The summed E-state index contributed by atoms with van der Waals surface area (Å²) < 4.78 is 0. The number of aliphatic hydroxyl groups excluding tert-OH is 1. The van der Waals surface area contributed by atoms with Gasteiger partial charge >= 0.3 is 0 Å². The summed E-state index contributed by atoms with van der Waals surface area (Å²) in [5.41, 5.74) is 0. The van der Waals surface area contributed by atoms with E-state index in [0.717, 1.165) is 38.6 Å². The Bertz CT molecular complexity index is 290. The molecule has 0 aliphatic heterocycles. The van der Waals surface area contributed by atoms with E-state index in [4.69, 9.17) is 0 Å². The van der Waals surface area contributed by atoms with Crippen LogP contribution >= 0.6 is 0 Å². The summed E-state index contributed by atoms with van der Waals surface area (Å²) >= 11 is 0. The second-order valence-corrected chi connectivity index (χ2v) is 6.23. The van der Waals surface area contributed by atoms with E-state index in [1.165, 1.54) is 19.3 Å². The summed E-state index contributed by atoms with van der Waals surface area (Å²) in [6.07, 6.45) is 8.86. The van der Waals surface area contributed by atoms with E-state index in [-0.39, 0.29) is 18.1 Å². The second-order valence-electron chi connectivity index (χ2n) is 6.23. The highest BCUT2D eigenvalue weighted by Crippen LogP contribution is 2.23. The first-order valence-corrected chi connectivity index (χ1v) is 7.88. The smallest absolute Gasteiger partial charge is 0.237 e. The molecule has 0 radical (unpaired) electrons. The Labute approximate surface area is 116 Å². The van der Waals surface area contributed by atoms with Gasteiger partial charge in [0.1, 0.15) is 0 Å². The number of rotatable bonds is 5. The summed E-state index contributed by atoms with van der Waals surface area (Å²) in [7, 11) is 0. The standard InChI is InChI=1S/C15H28N2O2/c1-11(15(19)17-13-7-3-4-8-13)16-10-12-6-2-5-9-14(12)18/h11-14,16,18H,2-10H2,1H3,(H,17,19)/t11-,12+,14-/m0/s1. The molecule has 0 saturated heterocycles. The number of hydrogen-bond donors (Lipinski definition) is 3. The molecule has 0 aromatic carbocycles. The Morgan fingerprint density at radius 1 is 1.16 bits per heavy atom. The molecule has 2 rings (SSSR count). The first-order valence-electron chi connectivity index (χ1n) is 7.88. The molecule has 3 atom stereocenters. The van der Waals surface area contributed by atoms with Gasteiger partial charge in [0.25, 0.3) is 0 Å². The molecule has 3 N–H and O–H groups in total. The Balaban J connectivity index is 1.67. The molecule has 4 nitrogen and oxygen atoms in total. The van der Waals surface area contributed by atoms with Crippen molar-refractivity contribution in [2.45, 2.75) is 76.5 Å². The molecule has 110 valence electrons. The van der Waals surface area contributed by atoms with Crippen molar-refractivity contribution in [3.63, 3.8) is 0 Å². The minimum Gasteiger partial charge on any atom is -0.393 e. The van der Waals surface area contributed by atoms with Crippen molar-refractivity contribution in [3.8, 4) is 0 Å². The lowest BCUT2D eigenvalue weighted by atomic mass is 9.86. The van der Waals surface area contributed by atoms with Crippen LogP contribution in [-0.2, 0) is 4.79 Å². The van der Waals surface area contributed by atoms with Crippen molar-refractivity contribution in [1.82, 2.24) is 10.6 Å². The minimum absolute atomic E-state index is 0.109. The van der Waals surface area contributed by atoms with Gasteiger partial charge in [0.15, 0.2) is 0 Å². The molecule has 0 aromatic rings. The molecule has 0 aromatic heterocycles. The average molecular weight is 268 g/mol. The van der Waals surface area contributed by atoms with Gasteiger partial charge in [0.2, 0.25) is 5.91 Å². The van der Waals surface area contributed by atoms with E-state index in [0.29, 0.717) is 12.0 Å². The van der Waals surface area contributed by atoms with Gasteiger partial charge in [-0.05, 0) is 38.5 Å². The molecule has 2 fully saturated rings. The van der Waals surface area contributed by atoms with E-state index in [1.807, 2.05) is 6.92 Å². The number of carbonyl (C=O) groups excluding carboxylic acids is 1. The predicted molar refractivity (Wildman–Crippen MR) is 75.8 cm³/mol. The van der Waals surface area contributed by atoms with Gasteiger partial charge in [0.05, 0.1) is 12.1 Å². The zero-order chi connectivity index (χ0) is 13.7. The van der Waals surface area contributed by atoms with Crippen LogP contribution in [0.5, 0.6) is 0 Å². The van der Waals surface area contributed by atoms with Gasteiger partial charge in [0, 0.05) is 12.6 Å². The lowest BCUT2D eigenvalue weighted by Crippen LogP contribution is -2.47. The summed E-state index contributed by atoms with van der Waals surface area (Å²) in [4.78, 5) is 12.0. The summed E-state index contributed by atoms with van der Waals surface area (Å²) in [5.74, 6) is 0.424. The zero-order valence-electron chi connectivity index (χ0n) is 12.0. The van der Waals surface area contributed by atoms with Crippen LogP contribution in [0.4, 0.5) is 0 Å². The molecule has 0 unspecified atom stereocenters. The summed E-state index contributed by atoms with van der Waals surface area (Å²) in [5, 5.41) is 16.3. The SMILES string of the molecule is C[C@H](NC[C@H]1CCCC[C@@H]1O)C(=O)NC1CCCC1. The molecule has 0 heterocycles. The van der Waals surface area contributed by atoms with Gasteiger partial charge < -0.3 is 15.7 Å². The zero-order valence-corrected chi connectivity index (χ0v) is 12.0. The highest BCUT2D eigenvalue weighted by Gasteiger charge is 2.25. The monoisotopic (exact) mass is 268 g/mol. The molecule has 2 aliphatic carbocycles. The number of hydrogen-bond acceptors (Lipinski definition) is 3. The first kappa shape index (κ1) is 14.8. The van der Waals surface area contributed by atoms with Crippen LogP contribution in [0, 0.1) is 5.92 Å². The third-order valence-corrected chi connectivity index (χ3v) is 4.65. The fourth-order valence-electron chi connectivity index (χ4n) is 3.24. The molecule has 1 amide bonds. The molecular weight excluding hydrogens is 240 g/mol. The fourth-order valence-corrected chi connectivity index (χ4v) is 3.24. The fraction of sp³-hybridized carbons (Fsp3) is 0.933. The molecule has 4 heteroatoms. The topological polar surface area (TPSA) is 61.4 Å². The third-order valence-electron chi connectivity index (χ3n) is 4.65. The van der Waals surface area contributed by atoms with Crippen LogP contribution in [0.2, 0.25) is 0 Å². The van der Waals surface area contributed by atoms with Gasteiger partial charge in [-0.3, -0.25) is 4.79 Å².